The smallest absolute Gasteiger partial charge is 0.215 e. The van der Waals surface area contributed by atoms with Crippen LogP contribution in [0, 0.1) is 5.41 Å². The van der Waals surface area contributed by atoms with Gasteiger partial charge in [-0.25, -0.2) is 14.3 Å². The molecule has 0 saturated heterocycles. The van der Waals surface area contributed by atoms with Crippen molar-refractivity contribution in [3.05, 3.63) is 47.8 Å². The second-order valence-electron chi connectivity index (χ2n) is 9.05. The van der Waals surface area contributed by atoms with Gasteiger partial charge in [0.1, 0.15) is 24.4 Å². The van der Waals surface area contributed by atoms with E-state index in [1.165, 1.54) is 6.33 Å². The van der Waals surface area contributed by atoms with Crippen molar-refractivity contribution in [2.45, 2.75) is 52.4 Å². The number of tetrazole rings is 1. The fraction of sp³-hybridized carbons (Fsp3) is 0.550. The molecule has 0 unspecified atom stereocenters. The van der Waals surface area contributed by atoms with Crippen molar-refractivity contribution < 1.29 is 4.74 Å². The highest BCUT2D eigenvalue weighted by Crippen LogP contribution is 2.41. The zero-order chi connectivity index (χ0) is 22.1. The molecule has 2 aromatic heterocycles. The van der Waals surface area contributed by atoms with Gasteiger partial charge >= 0.3 is 0 Å². The van der Waals surface area contributed by atoms with Crippen LogP contribution in [-0.2, 0) is 5.54 Å². The first-order chi connectivity index (χ1) is 14.0. The van der Waals surface area contributed by atoms with E-state index in [-0.39, 0.29) is 11.5 Å². The number of rotatable bonds is 7. The molecule has 0 spiro atoms. The molecule has 2 heterocycles. The predicted molar refractivity (Wildman–Crippen MR) is 114 cm³/mol. The molecule has 9 nitrogen and oxygen atoms in total. The van der Waals surface area contributed by atoms with Crippen LogP contribution in [0.4, 0.5) is 0 Å². The minimum absolute atomic E-state index is 0.282. The number of aromatic nitrogens is 7. The third-order valence-corrected chi connectivity index (χ3v) is 5.60. The molecule has 0 bridgehead atoms. The van der Waals surface area contributed by atoms with Gasteiger partial charge in [-0.3, -0.25) is 4.90 Å². The summed E-state index contributed by atoms with van der Waals surface area (Å²) < 4.78 is 9.97. The van der Waals surface area contributed by atoms with Crippen molar-refractivity contribution in [3.63, 3.8) is 0 Å². The molecule has 0 N–H and O–H groups in total. The molecular formula is C20H29ClN8O. The minimum atomic E-state index is -0.547. The molecule has 0 aliphatic rings. The Bertz CT molecular complexity index is 944. The summed E-state index contributed by atoms with van der Waals surface area (Å²) in [6, 6.07) is 6.95. The van der Waals surface area contributed by atoms with E-state index < -0.39 is 11.8 Å². The third kappa shape index (κ3) is 4.46. The molecule has 1 aromatic carbocycles. The first-order valence-electron chi connectivity index (χ1n) is 9.74. The number of hydrogen-bond donors (Lipinski definition) is 0. The molecule has 3 aromatic rings. The Labute approximate surface area is 182 Å². The lowest BCUT2D eigenvalue weighted by Crippen LogP contribution is -2.43. The highest BCUT2D eigenvalue weighted by molar-refractivity contribution is 6.30. The zero-order valence-corrected chi connectivity index (χ0v) is 19.2. The van der Waals surface area contributed by atoms with Crippen LogP contribution < -0.4 is 4.74 Å². The molecule has 3 rings (SSSR count). The molecular weight excluding hydrogens is 404 g/mol. The van der Waals surface area contributed by atoms with Gasteiger partial charge in [0.05, 0.1) is 5.54 Å². The Morgan fingerprint density at radius 2 is 1.73 bits per heavy atom. The van der Waals surface area contributed by atoms with Gasteiger partial charge in [-0.2, -0.15) is 5.10 Å². The molecule has 0 fully saturated rings. The standard InChI is InChI=1S/C20H29ClN8O/c1-19(2,3)16(29-18(24-25-26-29)20(4,5)27(6)7)17(28-13-22-12-23-28)30-15-10-8-14(21)9-11-15/h8-13,16-17H,1-7H3/t16-,17-/m1/s1. The zero-order valence-electron chi connectivity index (χ0n) is 18.5. The van der Waals surface area contributed by atoms with Crippen molar-refractivity contribution >= 4 is 11.6 Å². The van der Waals surface area contributed by atoms with Crippen LogP contribution in [0.2, 0.25) is 5.02 Å². The highest BCUT2D eigenvalue weighted by Gasteiger charge is 2.42. The van der Waals surface area contributed by atoms with E-state index in [9.17, 15) is 0 Å². The van der Waals surface area contributed by atoms with Gasteiger partial charge in [-0.05, 0) is 68.1 Å². The number of hydrogen-bond acceptors (Lipinski definition) is 7. The van der Waals surface area contributed by atoms with E-state index in [4.69, 9.17) is 16.3 Å². The van der Waals surface area contributed by atoms with E-state index in [2.05, 4.69) is 65.1 Å². The average molecular weight is 433 g/mol. The summed E-state index contributed by atoms with van der Waals surface area (Å²) in [5, 5.41) is 17.8. The van der Waals surface area contributed by atoms with Gasteiger partial charge in [0.15, 0.2) is 5.82 Å². The predicted octanol–water partition coefficient (Wildman–Crippen LogP) is 3.58. The highest BCUT2D eigenvalue weighted by atomic mass is 35.5. The molecule has 2 atom stereocenters. The van der Waals surface area contributed by atoms with E-state index in [1.807, 2.05) is 30.9 Å². The Hall–Kier alpha value is -2.52. The van der Waals surface area contributed by atoms with Crippen LogP contribution in [0.3, 0.4) is 0 Å². The van der Waals surface area contributed by atoms with E-state index in [0.717, 1.165) is 5.82 Å². The molecule has 0 radical (unpaired) electrons. The maximum absolute atomic E-state index is 6.43. The monoisotopic (exact) mass is 432 g/mol. The quantitative estimate of drug-likeness (QED) is 0.563. The van der Waals surface area contributed by atoms with Crippen LogP contribution in [0.5, 0.6) is 5.75 Å². The van der Waals surface area contributed by atoms with Crippen molar-refractivity contribution in [3.8, 4) is 5.75 Å². The summed E-state index contributed by atoms with van der Waals surface area (Å²) in [7, 11) is 4.01. The largest absolute Gasteiger partial charge is 0.466 e. The normalized spacial score (nSPS) is 14.7. The molecule has 0 amide bonds. The summed E-state index contributed by atoms with van der Waals surface area (Å²) in [6.45, 7) is 10.5. The Kier molecular flexibility index (Phi) is 6.14. The van der Waals surface area contributed by atoms with Gasteiger partial charge in [0.25, 0.3) is 0 Å². The first-order valence-corrected chi connectivity index (χ1v) is 10.1. The molecule has 10 heteroatoms. The molecule has 30 heavy (non-hydrogen) atoms. The van der Waals surface area contributed by atoms with Crippen LogP contribution in [0.1, 0.15) is 52.7 Å². The fourth-order valence-electron chi connectivity index (χ4n) is 3.16. The van der Waals surface area contributed by atoms with Gasteiger partial charge in [-0.15, -0.1) is 5.10 Å². The molecule has 0 aliphatic carbocycles. The van der Waals surface area contributed by atoms with E-state index >= 15 is 0 Å². The van der Waals surface area contributed by atoms with Gasteiger partial charge in [0, 0.05) is 5.02 Å². The number of halogens is 1. The Morgan fingerprint density at radius 1 is 1.07 bits per heavy atom. The second-order valence-corrected chi connectivity index (χ2v) is 9.49. The van der Waals surface area contributed by atoms with Crippen molar-refractivity contribution in [1.82, 2.24) is 39.9 Å². The van der Waals surface area contributed by atoms with Gasteiger partial charge < -0.3 is 4.74 Å². The number of benzene rings is 1. The summed E-state index contributed by atoms with van der Waals surface area (Å²) >= 11 is 6.05. The lowest BCUT2D eigenvalue weighted by atomic mass is 9.85. The topological polar surface area (TPSA) is 86.8 Å². The Morgan fingerprint density at radius 3 is 2.27 bits per heavy atom. The van der Waals surface area contributed by atoms with Gasteiger partial charge in [0.2, 0.25) is 6.23 Å². The number of ether oxygens (including phenoxy) is 1. The average Bonchev–Trinajstić information content (AvgIpc) is 3.33. The second kappa shape index (κ2) is 8.31. The summed E-state index contributed by atoms with van der Waals surface area (Å²) in [6.07, 6.45) is 2.58. The van der Waals surface area contributed by atoms with Gasteiger partial charge in [-0.1, -0.05) is 32.4 Å². The summed E-state index contributed by atoms with van der Waals surface area (Å²) in [5.74, 6) is 1.40. The van der Waals surface area contributed by atoms with E-state index in [1.54, 1.807) is 23.1 Å². The lowest BCUT2D eigenvalue weighted by molar-refractivity contribution is -0.00445. The van der Waals surface area contributed by atoms with Crippen molar-refractivity contribution in [1.29, 1.82) is 0 Å². The molecule has 162 valence electrons. The van der Waals surface area contributed by atoms with Crippen LogP contribution >= 0.6 is 11.6 Å². The maximum Gasteiger partial charge on any atom is 0.215 e. The first kappa shape index (κ1) is 22.2. The Balaban J connectivity index is 2.13. The van der Waals surface area contributed by atoms with Crippen LogP contribution in [-0.4, -0.2) is 54.0 Å². The van der Waals surface area contributed by atoms with Crippen LogP contribution in [0.15, 0.2) is 36.9 Å². The number of nitrogens with zero attached hydrogens (tertiary/aromatic N) is 8. The van der Waals surface area contributed by atoms with Crippen molar-refractivity contribution in [2.75, 3.05) is 14.1 Å². The lowest BCUT2D eigenvalue weighted by Gasteiger charge is -2.39. The third-order valence-electron chi connectivity index (χ3n) is 5.35. The van der Waals surface area contributed by atoms with Crippen molar-refractivity contribution in [2.24, 2.45) is 5.41 Å². The molecule has 0 saturated carbocycles. The van der Waals surface area contributed by atoms with Crippen LogP contribution in [0.25, 0.3) is 0 Å². The summed E-state index contributed by atoms with van der Waals surface area (Å²) in [5.41, 5.74) is -0.685. The molecule has 0 aliphatic heterocycles. The fourth-order valence-corrected chi connectivity index (χ4v) is 3.29. The van der Waals surface area contributed by atoms with E-state index in [0.29, 0.717) is 10.8 Å². The minimum Gasteiger partial charge on any atom is -0.466 e. The SMILES string of the molecule is CN(C)C(C)(C)c1nnnn1[C@H]([C@@H](Oc1ccc(Cl)cc1)n1cncn1)C(C)(C)C. The summed E-state index contributed by atoms with van der Waals surface area (Å²) in [4.78, 5) is 6.21. The maximum atomic E-state index is 6.43.